The zero-order chi connectivity index (χ0) is 24.9. The summed E-state index contributed by atoms with van der Waals surface area (Å²) in [4.78, 5) is 12.5. The first kappa shape index (κ1) is 24.9. The molecule has 0 saturated carbocycles. The standard InChI is InChI=1S/C30H34FNO3/c1-19(2)26-16-23(25-12-5-6-13-27(25)31)17-35-30(26)22-10-8-11-24(15-22)34-18-29(33)32-28-14-7-9-20(3)21(28)4/h5-15,19,23,26,30H,16-18H2,1-4H3,(H,32,33)/t23-,26-,30-/m0/s1. The van der Waals surface area contributed by atoms with Crippen LogP contribution < -0.4 is 10.1 Å². The average molecular weight is 476 g/mol. The van der Waals surface area contributed by atoms with E-state index in [2.05, 4.69) is 19.2 Å². The van der Waals surface area contributed by atoms with E-state index in [1.807, 2.05) is 68.4 Å². The Hall–Kier alpha value is -3.18. The highest BCUT2D eigenvalue weighted by atomic mass is 19.1. The van der Waals surface area contributed by atoms with E-state index in [-0.39, 0.29) is 36.3 Å². The number of rotatable bonds is 7. The maximum Gasteiger partial charge on any atom is 0.262 e. The molecular formula is C30H34FNO3. The molecule has 1 heterocycles. The van der Waals surface area contributed by atoms with Gasteiger partial charge in [-0.2, -0.15) is 0 Å². The summed E-state index contributed by atoms with van der Waals surface area (Å²) in [5.41, 5.74) is 4.71. The smallest absolute Gasteiger partial charge is 0.262 e. The Morgan fingerprint density at radius 1 is 1.09 bits per heavy atom. The number of benzene rings is 3. The predicted molar refractivity (Wildman–Crippen MR) is 137 cm³/mol. The van der Waals surface area contributed by atoms with Crippen molar-refractivity contribution >= 4 is 11.6 Å². The highest BCUT2D eigenvalue weighted by Crippen LogP contribution is 2.44. The summed E-state index contributed by atoms with van der Waals surface area (Å²) < 4.78 is 26.6. The van der Waals surface area contributed by atoms with Gasteiger partial charge >= 0.3 is 0 Å². The highest BCUT2D eigenvalue weighted by Gasteiger charge is 2.35. The van der Waals surface area contributed by atoms with Crippen LogP contribution in [-0.4, -0.2) is 19.1 Å². The molecule has 0 spiro atoms. The zero-order valence-corrected chi connectivity index (χ0v) is 20.9. The molecule has 0 aliphatic carbocycles. The lowest BCUT2D eigenvalue weighted by Crippen LogP contribution is -2.31. The van der Waals surface area contributed by atoms with Gasteiger partial charge in [-0.15, -0.1) is 0 Å². The summed E-state index contributed by atoms with van der Waals surface area (Å²) in [5.74, 6) is 0.884. The van der Waals surface area contributed by atoms with Gasteiger partial charge in [0, 0.05) is 11.6 Å². The van der Waals surface area contributed by atoms with Crippen LogP contribution in [0.15, 0.2) is 66.7 Å². The molecule has 35 heavy (non-hydrogen) atoms. The molecule has 1 fully saturated rings. The molecule has 4 rings (SSSR count). The van der Waals surface area contributed by atoms with Crippen molar-refractivity contribution in [2.45, 2.75) is 46.1 Å². The fourth-order valence-corrected chi connectivity index (χ4v) is 4.85. The number of nitrogens with one attached hydrogen (secondary N) is 1. The molecule has 5 heteroatoms. The molecule has 1 amide bonds. The molecular weight excluding hydrogens is 441 g/mol. The van der Waals surface area contributed by atoms with E-state index in [4.69, 9.17) is 9.47 Å². The number of anilines is 1. The normalized spacial score (nSPS) is 20.0. The first-order valence-electron chi connectivity index (χ1n) is 12.3. The van der Waals surface area contributed by atoms with Gasteiger partial charge < -0.3 is 14.8 Å². The number of carbonyl (C=O) groups excluding carboxylic acids is 1. The Bertz CT molecular complexity index is 1180. The molecule has 184 valence electrons. The summed E-state index contributed by atoms with van der Waals surface area (Å²) in [6.45, 7) is 8.76. The third-order valence-electron chi connectivity index (χ3n) is 7.06. The van der Waals surface area contributed by atoms with Crippen LogP contribution >= 0.6 is 0 Å². The number of halogens is 1. The van der Waals surface area contributed by atoms with Crippen molar-refractivity contribution in [2.24, 2.45) is 11.8 Å². The lowest BCUT2D eigenvalue weighted by Gasteiger charge is -2.39. The van der Waals surface area contributed by atoms with E-state index >= 15 is 0 Å². The number of hydrogen-bond acceptors (Lipinski definition) is 3. The van der Waals surface area contributed by atoms with E-state index in [0.717, 1.165) is 34.4 Å². The summed E-state index contributed by atoms with van der Waals surface area (Å²) in [6, 6.07) is 20.6. The minimum atomic E-state index is -0.203. The Morgan fingerprint density at radius 2 is 1.86 bits per heavy atom. The van der Waals surface area contributed by atoms with Crippen molar-refractivity contribution in [3.63, 3.8) is 0 Å². The van der Waals surface area contributed by atoms with Crippen LogP contribution in [0, 0.1) is 31.5 Å². The zero-order valence-electron chi connectivity index (χ0n) is 20.9. The molecule has 1 saturated heterocycles. The maximum absolute atomic E-state index is 14.4. The van der Waals surface area contributed by atoms with E-state index in [9.17, 15) is 9.18 Å². The Labute approximate surface area is 207 Å². The largest absolute Gasteiger partial charge is 0.484 e. The van der Waals surface area contributed by atoms with Crippen LogP contribution in [0.1, 0.15) is 54.5 Å². The van der Waals surface area contributed by atoms with Crippen LogP contribution in [0.25, 0.3) is 0 Å². The van der Waals surface area contributed by atoms with Crippen LogP contribution in [0.4, 0.5) is 10.1 Å². The first-order chi connectivity index (χ1) is 16.8. The lowest BCUT2D eigenvalue weighted by atomic mass is 9.76. The second-order valence-corrected chi connectivity index (χ2v) is 9.77. The molecule has 0 bridgehead atoms. The van der Waals surface area contributed by atoms with Crippen LogP contribution in [-0.2, 0) is 9.53 Å². The number of hydrogen-bond donors (Lipinski definition) is 1. The van der Waals surface area contributed by atoms with Gasteiger partial charge in [-0.1, -0.05) is 56.3 Å². The predicted octanol–water partition coefficient (Wildman–Crippen LogP) is 6.98. The fourth-order valence-electron chi connectivity index (χ4n) is 4.85. The van der Waals surface area contributed by atoms with Crippen molar-refractivity contribution in [3.8, 4) is 5.75 Å². The maximum atomic E-state index is 14.4. The average Bonchev–Trinajstić information content (AvgIpc) is 2.86. The summed E-state index contributed by atoms with van der Waals surface area (Å²) in [6.07, 6.45) is 0.748. The van der Waals surface area contributed by atoms with Crippen molar-refractivity contribution in [2.75, 3.05) is 18.5 Å². The number of carbonyl (C=O) groups is 1. The molecule has 1 aliphatic rings. The molecule has 1 aliphatic heterocycles. The number of amides is 1. The SMILES string of the molecule is Cc1cccc(NC(=O)COc2cccc([C@@H]3OC[C@@H](c4ccccc4F)C[C@H]3C(C)C)c2)c1C. The minimum absolute atomic E-state index is 0.0352. The second-order valence-electron chi connectivity index (χ2n) is 9.77. The third-order valence-corrected chi connectivity index (χ3v) is 7.06. The number of ether oxygens (including phenoxy) is 2. The van der Waals surface area contributed by atoms with Crippen molar-refractivity contribution in [1.29, 1.82) is 0 Å². The molecule has 0 radical (unpaired) electrons. The van der Waals surface area contributed by atoms with Gasteiger partial charge in [0.05, 0.1) is 12.7 Å². The van der Waals surface area contributed by atoms with Gasteiger partial charge in [0.2, 0.25) is 0 Å². The molecule has 0 aromatic heterocycles. The summed E-state index contributed by atoms with van der Waals surface area (Å²) in [5, 5.41) is 2.93. The molecule has 0 unspecified atom stereocenters. The monoisotopic (exact) mass is 475 g/mol. The summed E-state index contributed by atoms with van der Waals surface area (Å²) >= 11 is 0. The Kier molecular flexibility index (Phi) is 7.86. The fraction of sp³-hybridized carbons (Fsp3) is 0.367. The number of aryl methyl sites for hydroxylation is 1. The Balaban J connectivity index is 1.42. The molecule has 4 nitrogen and oxygen atoms in total. The van der Waals surface area contributed by atoms with Gasteiger partial charge in [-0.05, 0) is 78.6 Å². The molecule has 3 aromatic carbocycles. The molecule has 1 N–H and O–H groups in total. The van der Waals surface area contributed by atoms with E-state index in [1.165, 1.54) is 6.07 Å². The van der Waals surface area contributed by atoms with Crippen molar-refractivity contribution < 1.29 is 18.7 Å². The minimum Gasteiger partial charge on any atom is -0.484 e. The van der Waals surface area contributed by atoms with Gasteiger partial charge in [-0.3, -0.25) is 4.79 Å². The van der Waals surface area contributed by atoms with Crippen LogP contribution in [0.5, 0.6) is 5.75 Å². The van der Waals surface area contributed by atoms with Crippen LogP contribution in [0.2, 0.25) is 0 Å². The lowest BCUT2D eigenvalue weighted by molar-refractivity contribution is -0.118. The van der Waals surface area contributed by atoms with Gasteiger partial charge in [0.1, 0.15) is 11.6 Å². The van der Waals surface area contributed by atoms with Crippen LogP contribution in [0.3, 0.4) is 0 Å². The van der Waals surface area contributed by atoms with E-state index in [0.29, 0.717) is 18.3 Å². The molecule has 3 atom stereocenters. The van der Waals surface area contributed by atoms with E-state index in [1.54, 1.807) is 6.07 Å². The van der Waals surface area contributed by atoms with Crippen molar-refractivity contribution in [1.82, 2.24) is 0 Å². The van der Waals surface area contributed by atoms with E-state index < -0.39 is 0 Å². The Morgan fingerprint density at radius 3 is 2.63 bits per heavy atom. The molecule has 3 aromatic rings. The van der Waals surface area contributed by atoms with Gasteiger partial charge in [0.25, 0.3) is 5.91 Å². The highest BCUT2D eigenvalue weighted by molar-refractivity contribution is 5.92. The van der Waals surface area contributed by atoms with Crippen molar-refractivity contribution in [3.05, 3.63) is 94.8 Å². The topological polar surface area (TPSA) is 47.6 Å². The van der Waals surface area contributed by atoms with Gasteiger partial charge in [0.15, 0.2) is 6.61 Å². The van der Waals surface area contributed by atoms with Gasteiger partial charge in [-0.25, -0.2) is 4.39 Å². The first-order valence-corrected chi connectivity index (χ1v) is 12.3. The quantitative estimate of drug-likeness (QED) is 0.401. The summed E-state index contributed by atoms with van der Waals surface area (Å²) in [7, 11) is 0. The third kappa shape index (κ3) is 5.91. The second kappa shape index (κ2) is 11.0.